The number of esters is 1. The Balaban J connectivity index is 1.84. The van der Waals surface area contributed by atoms with Crippen LogP contribution in [0.4, 0.5) is 0 Å². The van der Waals surface area contributed by atoms with E-state index in [-0.39, 0.29) is 31.1 Å². The van der Waals surface area contributed by atoms with E-state index < -0.39 is 16.9 Å². The minimum atomic E-state index is -1.50. The van der Waals surface area contributed by atoms with Crippen molar-refractivity contribution in [1.82, 2.24) is 4.90 Å². The molecular weight excluding hydrogens is 426 g/mol. The third-order valence-electron chi connectivity index (χ3n) is 6.72. The van der Waals surface area contributed by atoms with Gasteiger partial charge in [-0.05, 0) is 46.7 Å². The van der Waals surface area contributed by atoms with Gasteiger partial charge in [0.15, 0.2) is 5.54 Å². The summed E-state index contributed by atoms with van der Waals surface area (Å²) in [5.74, 6) is -0.838. The van der Waals surface area contributed by atoms with E-state index in [0.29, 0.717) is 18.6 Å². The molecule has 1 atom stereocenters. The van der Waals surface area contributed by atoms with Crippen LogP contribution in [0.1, 0.15) is 52.0 Å². The maximum absolute atomic E-state index is 14.2. The van der Waals surface area contributed by atoms with Crippen LogP contribution in [0.5, 0.6) is 5.75 Å². The largest absolute Gasteiger partial charge is 0.425 e. The van der Waals surface area contributed by atoms with Gasteiger partial charge >= 0.3 is 5.97 Å². The first-order valence-corrected chi connectivity index (χ1v) is 11.8. The number of benzene rings is 3. The lowest BCUT2D eigenvalue weighted by atomic mass is 9.68. The van der Waals surface area contributed by atoms with E-state index in [4.69, 9.17) is 4.74 Å². The molecule has 0 N–H and O–H groups in total. The fourth-order valence-corrected chi connectivity index (χ4v) is 4.80. The van der Waals surface area contributed by atoms with Crippen molar-refractivity contribution in [3.05, 3.63) is 78.4 Å². The van der Waals surface area contributed by atoms with Crippen molar-refractivity contribution >= 4 is 28.6 Å². The van der Waals surface area contributed by atoms with E-state index in [1.54, 1.807) is 6.07 Å². The molecule has 5 nitrogen and oxygen atoms in total. The normalized spacial score (nSPS) is 16.7. The Kier molecular flexibility index (Phi) is 6.56. The number of carbonyl (C=O) groups excluding carboxylic acids is 3. The summed E-state index contributed by atoms with van der Waals surface area (Å²) in [5.41, 5.74) is -1.43. The maximum Gasteiger partial charge on any atom is 0.338 e. The standard InChI is InChI=1S/C29H31NO4/c1-28(2,3)29(20-21-11-5-4-6-12-21,30-25(31)15-9-10-16-26(30)32)27(33)34-24-18-17-22-13-7-8-14-23(22)19-24/h4-8,11-14,17-19H,9-10,15-16,20H2,1-3H3/t29-/m0/s1. The molecule has 2 amide bonds. The third-order valence-corrected chi connectivity index (χ3v) is 6.72. The zero-order valence-corrected chi connectivity index (χ0v) is 20.0. The molecule has 1 aliphatic heterocycles. The van der Waals surface area contributed by atoms with Crippen molar-refractivity contribution in [1.29, 1.82) is 0 Å². The molecule has 0 aromatic heterocycles. The number of amides is 2. The molecule has 1 heterocycles. The van der Waals surface area contributed by atoms with Crippen LogP contribution in [0.3, 0.4) is 0 Å². The number of fused-ring (bicyclic) bond motifs is 1. The fourth-order valence-electron chi connectivity index (χ4n) is 4.80. The van der Waals surface area contributed by atoms with Crippen molar-refractivity contribution in [3.63, 3.8) is 0 Å². The third kappa shape index (κ3) is 4.47. The number of nitrogens with zero attached hydrogens (tertiary/aromatic N) is 1. The van der Waals surface area contributed by atoms with E-state index >= 15 is 0 Å². The van der Waals surface area contributed by atoms with Gasteiger partial charge in [-0.3, -0.25) is 14.5 Å². The molecule has 1 aliphatic rings. The summed E-state index contributed by atoms with van der Waals surface area (Å²) in [7, 11) is 0. The van der Waals surface area contributed by atoms with Crippen molar-refractivity contribution in [2.24, 2.45) is 5.41 Å². The second-order valence-electron chi connectivity index (χ2n) is 10.0. The van der Waals surface area contributed by atoms with Gasteiger partial charge in [-0.25, -0.2) is 4.79 Å². The first kappa shape index (κ1) is 23.7. The fraction of sp³-hybridized carbons (Fsp3) is 0.345. The van der Waals surface area contributed by atoms with Gasteiger partial charge in [0.2, 0.25) is 11.8 Å². The smallest absolute Gasteiger partial charge is 0.338 e. The summed E-state index contributed by atoms with van der Waals surface area (Å²) < 4.78 is 5.99. The lowest BCUT2D eigenvalue weighted by molar-refractivity contribution is -0.173. The minimum Gasteiger partial charge on any atom is -0.425 e. The van der Waals surface area contributed by atoms with Crippen molar-refractivity contribution in [2.75, 3.05) is 0 Å². The topological polar surface area (TPSA) is 63.7 Å². The molecule has 0 radical (unpaired) electrons. The highest BCUT2D eigenvalue weighted by atomic mass is 16.5. The van der Waals surface area contributed by atoms with Gasteiger partial charge in [0.1, 0.15) is 5.75 Å². The van der Waals surface area contributed by atoms with Crippen LogP contribution in [0, 0.1) is 5.41 Å². The van der Waals surface area contributed by atoms with Gasteiger partial charge in [-0.2, -0.15) is 0 Å². The van der Waals surface area contributed by atoms with Crippen LogP contribution in [-0.4, -0.2) is 28.2 Å². The lowest BCUT2D eigenvalue weighted by Gasteiger charge is -2.48. The van der Waals surface area contributed by atoms with Gasteiger partial charge < -0.3 is 4.74 Å². The molecule has 4 rings (SSSR count). The number of likely N-dealkylation sites (tertiary alicyclic amines) is 1. The first-order chi connectivity index (χ1) is 16.2. The van der Waals surface area contributed by atoms with Crippen LogP contribution in [0.15, 0.2) is 72.8 Å². The second-order valence-corrected chi connectivity index (χ2v) is 10.0. The molecule has 3 aromatic carbocycles. The average Bonchev–Trinajstić information content (AvgIpc) is 2.97. The Labute approximate surface area is 200 Å². The quantitative estimate of drug-likeness (QED) is 0.280. The zero-order valence-electron chi connectivity index (χ0n) is 20.0. The Hall–Kier alpha value is -3.47. The Morgan fingerprint density at radius 2 is 1.41 bits per heavy atom. The number of rotatable bonds is 5. The van der Waals surface area contributed by atoms with E-state index in [1.807, 2.05) is 87.5 Å². The molecule has 1 saturated heterocycles. The highest BCUT2D eigenvalue weighted by Gasteiger charge is 2.58. The van der Waals surface area contributed by atoms with Crippen LogP contribution < -0.4 is 4.74 Å². The van der Waals surface area contributed by atoms with Crippen molar-refractivity contribution in [2.45, 2.75) is 58.4 Å². The van der Waals surface area contributed by atoms with Crippen molar-refractivity contribution < 1.29 is 19.1 Å². The summed E-state index contributed by atoms with van der Waals surface area (Å²) in [6.45, 7) is 5.68. The first-order valence-electron chi connectivity index (χ1n) is 11.8. The molecule has 176 valence electrons. The van der Waals surface area contributed by atoms with Crippen LogP contribution in [0.25, 0.3) is 10.8 Å². The van der Waals surface area contributed by atoms with Gasteiger partial charge in [-0.15, -0.1) is 0 Å². The zero-order chi connectivity index (χ0) is 24.3. The SMILES string of the molecule is CC(C)(C)[C@](Cc1ccccc1)(C(=O)Oc1ccc2ccccc2c1)N1C(=O)CCCCC1=O. The van der Waals surface area contributed by atoms with Crippen molar-refractivity contribution in [3.8, 4) is 5.75 Å². The van der Waals surface area contributed by atoms with Crippen LogP contribution in [0.2, 0.25) is 0 Å². The van der Waals surface area contributed by atoms with E-state index in [9.17, 15) is 14.4 Å². The van der Waals surface area contributed by atoms with E-state index in [2.05, 4.69) is 0 Å². The lowest BCUT2D eigenvalue weighted by Crippen LogP contribution is -2.68. The Morgan fingerprint density at radius 3 is 2.03 bits per heavy atom. The Morgan fingerprint density at radius 1 is 0.824 bits per heavy atom. The van der Waals surface area contributed by atoms with Gasteiger partial charge in [0.05, 0.1) is 0 Å². The van der Waals surface area contributed by atoms with E-state index in [0.717, 1.165) is 16.3 Å². The predicted octanol–water partition coefficient (Wildman–Crippen LogP) is 5.70. The molecule has 0 saturated carbocycles. The number of ether oxygens (including phenoxy) is 1. The number of carbonyl (C=O) groups is 3. The summed E-state index contributed by atoms with van der Waals surface area (Å²) in [5, 5.41) is 1.98. The van der Waals surface area contributed by atoms with Crippen LogP contribution in [-0.2, 0) is 20.8 Å². The van der Waals surface area contributed by atoms with Gasteiger partial charge in [-0.1, -0.05) is 81.4 Å². The molecule has 5 heteroatoms. The summed E-state index contributed by atoms with van der Waals surface area (Å²) in [6.07, 6.45) is 1.92. The average molecular weight is 458 g/mol. The molecule has 34 heavy (non-hydrogen) atoms. The summed E-state index contributed by atoms with van der Waals surface area (Å²) in [4.78, 5) is 42.1. The highest BCUT2D eigenvalue weighted by molar-refractivity contribution is 6.03. The number of hydrogen-bond donors (Lipinski definition) is 0. The summed E-state index contributed by atoms with van der Waals surface area (Å²) >= 11 is 0. The molecule has 0 aliphatic carbocycles. The monoisotopic (exact) mass is 457 g/mol. The van der Waals surface area contributed by atoms with Gasteiger partial charge in [0.25, 0.3) is 0 Å². The molecule has 0 bridgehead atoms. The minimum absolute atomic E-state index is 0.182. The highest BCUT2D eigenvalue weighted by Crippen LogP contribution is 2.42. The van der Waals surface area contributed by atoms with Crippen LogP contribution >= 0.6 is 0 Å². The number of hydrogen-bond acceptors (Lipinski definition) is 4. The predicted molar refractivity (Wildman–Crippen MR) is 132 cm³/mol. The van der Waals surface area contributed by atoms with E-state index in [1.165, 1.54) is 4.90 Å². The molecule has 1 fully saturated rings. The van der Waals surface area contributed by atoms with Gasteiger partial charge in [0, 0.05) is 19.3 Å². The molecule has 0 spiro atoms. The molecule has 0 unspecified atom stereocenters. The molecular formula is C29H31NO4. The number of imide groups is 1. The molecule has 3 aromatic rings. The maximum atomic E-state index is 14.2. The Bertz CT molecular complexity index is 1190. The summed E-state index contributed by atoms with van der Waals surface area (Å²) in [6, 6.07) is 22.8. The second kappa shape index (κ2) is 9.41.